The number of esters is 1. The zero-order valence-electron chi connectivity index (χ0n) is 9.57. The number of halogens is 3. The summed E-state index contributed by atoms with van der Waals surface area (Å²) in [7, 11) is 1.27. The highest BCUT2D eigenvalue weighted by atomic mass is 79.9. The molecule has 92 valence electrons. The van der Waals surface area contributed by atoms with Gasteiger partial charge >= 0.3 is 5.97 Å². The lowest BCUT2D eigenvalue weighted by Gasteiger charge is -2.23. The van der Waals surface area contributed by atoms with Gasteiger partial charge in [-0.25, -0.2) is 4.79 Å². The molecule has 0 radical (unpaired) electrons. The first-order valence-electron chi connectivity index (χ1n) is 4.69. The van der Waals surface area contributed by atoms with Crippen molar-refractivity contribution in [2.45, 2.75) is 31.6 Å². The quantitative estimate of drug-likeness (QED) is 0.553. The van der Waals surface area contributed by atoms with E-state index in [9.17, 15) is 4.79 Å². The van der Waals surface area contributed by atoms with Gasteiger partial charge in [0.1, 0.15) is 0 Å². The van der Waals surface area contributed by atoms with E-state index in [-0.39, 0.29) is 5.03 Å². The maximum absolute atomic E-state index is 11.5. The zero-order valence-corrected chi connectivity index (χ0v) is 12.7. The van der Waals surface area contributed by atoms with E-state index in [0.717, 1.165) is 10.1 Å². The predicted molar refractivity (Wildman–Crippen MR) is 72.1 cm³/mol. The second kappa shape index (κ2) is 6.67. The van der Waals surface area contributed by atoms with Gasteiger partial charge in [0.25, 0.3) is 0 Å². The smallest absolute Gasteiger partial charge is 0.332 e. The number of allylic oxidation sites excluding steroid dienone is 2. The second-order valence-corrected chi connectivity index (χ2v) is 5.66. The van der Waals surface area contributed by atoms with Gasteiger partial charge in [-0.15, -0.1) is 11.6 Å². The fourth-order valence-electron chi connectivity index (χ4n) is 1.04. The molecule has 2 nitrogen and oxygen atoms in total. The summed E-state index contributed by atoms with van der Waals surface area (Å²) < 4.78 is 5.62. The molecule has 0 fully saturated rings. The van der Waals surface area contributed by atoms with Gasteiger partial charge in [0.15, 0.2) is 4.87 Å². The minimum Gasteiger partial charge on any atom is -0.467 e. The maximum Gasteiger partial charge on any atom is 0.332 e. The Hall–Kier alpha value is 0.01000. The minimum atomic E-state index is -1.36. The predicted octanol–water partition coefficient (Wildman–Crippen LogP) is 4.36. The van der Waals surface area contributed by atoms with Crippen LogP contribution in [0.25, 0.3) is 0 Å². The highest BCUT2D eigenvalue weighted by Crippen LogP contribution is 2.35. The third kappa shape index (κ3) is 4.11. The highest BCUT2D eigenvalue weighted by Gasteiger charge is 2.39. The first-order chi connectivity index (χ1) is 7.25. The monoisotopic (exact) mass is 328 g/mol. The van der Waals surface area contributed by atoms with Gasteiger partial charge in [0.2, 0.25) is 0 Å². The van der Waals surface area contributed by atoms with Gasteiger partial charge in [-0.1, -0.05) is 39.7 Å². The number of ether oxygens (including phenoxy) is 1. The largest absolute Gasteiger partial charge is 0.467 e. The number of carbonyl (C=O) groups excluding carboxylic acids is 1. The number of carbonyl (C=O) groups is 1. The van der Waals surface area contributed by atoms with Crippen molar-refractivity contribution in [2.24, 2.45) is 0 Å². The van der Waals surface area contributed by atoms with Crippen LogP contribution in [-0.4, -0.2) is 18.0 Å². The summed E-state index contributed by atoms with van der Waals surface area (Å²) in [5.41, 5.74) is 1.13. The minimum absolute atomic E-state index is 0.0788. The van der Waals surface area contributed by atoms with Crippen LogP contribution in [0, 0.1) is 0 Å². The molecule has 16 heavy (non-hydrogen) atoms. The van der Waals surface area contributed by atoms with E-state index in [1.54, 1.807) is 0 Å². The molecule has 0 amide bonds. The molecule has 0 aliphatic carbocycles. The van der Waals surface area contributed by atoms with Crippen LogP contribution in [0.5, 0.6) is 0 Å². The van der Waals surface area contributed by atoms with Crippen molar-refractivity contribution in [1.82, 2.24) is 0 Å². The summed E-state index contributed by atoms with van der Waals surface area (Å²) in [6.45, 7) is 7.45. The number of hydrogen-bond acceptors (Lipinski definition) is 2. The molecule has 0 saturated carbocycles. The number of methoxy groups -OCH3 is 1. The van der Waals surface area contributed by atoms with E-state index in [4.69, 9.17) is 23.2 Å². The van der Waals surface area contributed by atoms with Crippen molar-refractivity contribution >= 4 is 45.1 Å². The van der Waals surface area contributed by atoms with E-state index >= 15 is 0 Å². The van der Waals surface area contributed by atoms with Crippen molar-refractivity contribution in [2.75, 3.05) is 7.11 Å². The normalized spacial score (nSPS) is 13.9. The molecule has 0 N–H and O–H groups in total. The molecule has 0 aliphatic heterocycles. The van der Waals surface area contributed by atoms with Gasteiger partial charge in [-0.05, 0) is 31.2 Å². The standard InChI is InChI=1S/C11H15BrCl2O2/c1-7(2)9(12)5-6-11(14,8(3)13)10(15)16-4/h3,5-6H2,1-2,4H3. The molecule has 0 heterocycles. The zero-order chi connectivity index (χ0) is 12.9. The Morgan fingerprint density at radius 3 is 2.31 bits per heavy atom. The Bertz CT molecular complexity index is 322. The summed E-state index contributed by atoms with van der Waals surface area (Å²) in [4.78, 5) is 10.2. The lowest BCUT2D eigenvalue weighted by molar-refractivity contribution is -0.142. The molecule has 1 unspecified atom stereocenters. The van der Waals surface area contributed by atoms with Crippen LogP contribution >= 0.6 is 39.1 Å². The van der Waals surface area contributed by atoms with Crippen molar-refractivity contribution in [3.63, 3.8) is 0 Å². The van der Waals surface area contributed by atoms with Crippen molar-refractivity contribution in [1.29, 1.82) is 0 Å². The van der Waals surface area contributed by atoms with Crippen LogP contribution in [0.1, 0.15) is 26.7 Å². The molecule has 1 atom stereocenters. The molecule has 0 aromatic carbocycles. The lowest BCUT2D eigenvalue weighted by atomic mass is 10.0. The van der Waals surface area contributed by atoms with Gasteiger partial charge in [0, 0.05) is 5.03 Å². The highest BCUT2D eigenvalue weighted by molar-refractivity contribution is 9.11. The van der Waals surface area contributed by atoms with Crippen LogP contribution in [0.15, 0.2) is 21.7 Å². The van der Waals surface area contributed by atoms with Gasteiger partial charge < -0.3 is 4.74 Å². The van der Waals surface area contributed by atoms with E-state index in [2.05, 4.69) is 27.2 Å². The molecule has 0 saturated heterocycles. The third-order valence-corrected chi connectivity index (χ3v) is 4.35. The van der Waals surface area contributed by atoms with Crippen LogP contribution in [0.2, 0.25) is 0 Å². The van der Waals surface area contributed by atoms with Crippen molar-refractivity contribution < 1.29 is 9.53 Å². The summed E-state index contributed by atoms with van der Waals surface area (Å²) in [5.74, 6) is -0.580. The number of rotatable bonds is 5. The summed E-state index contributed by atoms with van der Waals surface area (Å²) in [6.07, 6.45) is 0.946. The van der Waals surface area contributed by atoms with E-state index in [1.807, 2.05) is 13.8 Å². The SMILES string of the molecule is C=C(Cl)C(Cl)(CCC(Br)=C(C)C)C(=O)OC. The molecule has 0 spiro atoms. The van der Waals surface area contributed by atoms with Crippen LogP contribution in [0.3, 0.4) is 0 Å². The first-order valence-corrected chi connectivity index (χ1v) is 6.24. The molecule has 0 aromatic rings. The Labute approximate surface area is 115 Å². The number of alkyl halides is 1. The van der Waals surface area contributed by atoms with E-state index in [1.165, 1.54) is 7.11 Å². The Morgan fingerprint density at radius 2 is 2.00 bits per heavy atom. The second-order valence-electron chi connectivity index (χ2n) is 3.60. The lowest BCUT2D eigenvalue weighted by Crippen LogP contribution is -2.34. The molecular formula is C11H15BrCl2O2. The summed E-state index contributed by atoms with van der Waals surface area (Å²) in [5, 5.41) is 0.0788. The molecule has 0 rings (SSSR count). The van der Waals surface area contributed by atoms with Crippen molar-refractivity contribution in [3.8, 4) is 0 Å². The van der Waals surface area contributed by atoms with Crippen LogP contribution < -0.4 is 0 Å². The Balaban J connectivity index is 4.79. The fraction of sp³-hybridized carbons (Fsp3) is 0.545. The van der Waals surface area contributed by atoms with Crippen LogP contribution in [0.4, 0.5) is 0 Å². The summed E-state index contributed by atoms with van der Waals surface area (Å²) >= 11 is 15.3. The average molecular weight is 330 g/mol. The average Bonchev–Trinajstić information content (AvgIpc) is 2.23. The molecule has 5 heteroatoms. The molecule has 0 aliphatic rings. The van der Waals surface area contributed by atoms with Gasteiger partial charge in [0.05, 0.1) is 7.11 Å². The molecule has 0 aromatic heterocycles. The third-order valence-electron chi connectivity index (χ3n) is 2.17. The fourth-order valence-corrected chi connectivity index (χ4v) is 1.58. The van der Waals surface area contributed by atoms with E-state index in [0.29, 0.717) is 12.8 Å². The molecule has 0 bridgehead atoms. The molecular weight excluding hydrogens is 315 g/mol. The van der Waals surface area contributed by atoms with Gasteiger partial charge in [-0.3, -0.25) is 0 Å². The maximum atomic E-state index is 11.5. The van der Waals surface area contributed by atoms with E-state index < -0.39 is 10.8 Å². The van der Waals surface area contributed by atoms with Crippen molar-refractivity contribution in [3.05, 3.63) is 21.7 Å². The first kappa shape index (κ1) is 16.0. The van der Waals surface area contributed by atoms with Gasteiger partial charge in [-0.2, -0.15) is 0 Å². The Morgan fingerprint density at radius 1 is 1.50 bits per heavy atom. The van der Waals surface area contributed by atoms with Crippen LogP contribution in [-0.2, 0) is 9.53 Å². The topological polar surface area (TPSA) is 26.3 Å². The summed E-state index contributed by atoms with van der Waals surface area (Å²) in [6, 6.07) is 0. The Kier molecular flexibility index (Phi) is 6.68. The number of hydrogen-bond donors (Lipinski definition) is 0.